The van der Waals surface area contributed by atoms with E-state index in [1.165, 1.54) is 17.7 Å². The molecule has 1 aromatic heterocycles. The molecule has 2 rings (SSSR count). The predicted octanol–water partition coefficient (Wildman–Crippen LogP) is 2.87. The van der Waals surface area contributed by atoms with E-state index in [1.807, 2.05) is 0 Å². The Balaban J connectivity index is 0.000000384. The Bertz CT molecular complexity index is 973. The van der Waals surface area contributed by atoms with Crippen LogP contribution in [-0.2, 0) is 21.6 Å². The summed E-state index contributed by atoms with van der Waals surface area (Å²) >= 11 is 1.75. The number of nitriles is 1. The monoisotopic (exact) mass is 641 g/mol. The van der Waals surface area contributed by atoms with Crippen molar-refractivity contribution in [3.05, 3.63) is 32.6 Å². The molecule has 12 nitrogen and oxygen atoms in total. The Labute approximate surface area is 227 Å². The van der Waals surface area contributed by atoms with Crippen LogP contribution in [0.4, 0.5) is 0 Å². The second-order valence-electron chi connectivity index (χ2n) is 8.62. The molecular formula is C22H37IN5O7P. The third-order valence-corrected chi connectivity index (χ3v) is 7.50. The summed E-state index contributed by atoms with van der Waals surface area (Å²) in [6, 6.07) is 2.80. The SMILES string of the molecule is CC(=O)N1C[C@@H](COI)O[C@@H](n2cc(C)c(=O)[nH]c2=O)C1.COP(OCCC#N)N(C(C)C)C(C)C. The van der Waals surface area contributed by atoms with E-state index in [1.54, 1.807) is 41.9 Å². The van der Waals surface area contributed by atoms with Gasteiger partial charge in [-0.3, -0.25) is 19.1 Å². The van der Waals surface area contributed by atoms with Gasteiger partial charge < -0.3 is 21.8 Å². The highest BCUT2D eigenvalue weighted by Gasteiger charge is 2.31. The van der Waals surface area contributed by atoms with Crippen molar-refractivity contribution in [1.29, 1.82) is 5.26 Å². The van der Waals surface area contributed by atoms with Gasteiger partial charge in [0.25, 0.3) is 14.1 Å². The number of rotatable bonds is 10. The number of halogens is 1. The fraction of sp³-hybridized carbons (Fsp3) is 0.727. The molecule has 0 saturated carbocycles. The first kappa shape index (κ1) is 32.6. The zero-order valence-electron chi connectivity index (χ0n) is 21.9. The van der Waals surface area contributed by atoms with Crippen LogP contribution < -0.4 is 11.2 Å². The zero-order valence-corrected chi connectivity index (χ0v) is 24.9. The summed E-state index contributed by atoms with van der Waals surface area (Å²) in [7, 11) is 0.618. The Morgan fingerprint density at radius 3 is 2.47 bits per heavy atom. The van der Waals surface area contributed by atoms with E-state index < -0.39 is 26.0 Å². The smallest absolute Gasteiger partial charge is 0.330 e. The number of nitrogens with one attached hydrogen (secondary N) is 1. The first-order valence-electron chi connectivity index (χ1n) is 11.6. The van der Waals surface area contributed by atoms with Gasteiger partial charge in [-0.15, -0.1) is 0 Å². The number of aromatic amines is 1. The fourth-order valence-electron chi connectivity index (χ4n) is 3.55. The minimum atomic E-state index is -1.03. The highest BCUT2D eigenvalue weighted by Crippen LogP contribution is 2.44. The van der Waals surface area contributed by atoms with Crippen LogP contribution in [0.5, 0.6) is 0 Å². The number of carbonyl (C=O) groups is 1. The maximum absolute atomic E-state index is 11.9. The Hall–Kier alpha value is -1.40. The molecule has 36 heavy (non-hydrogen) atoms. The molecule has 1 amide bonds. The van der Waals surface area contributed by atoms with Gasteiger partial charge in [0, 0.05) is 44.4 Å². The lowest BCUT2D eigenvalue weighted by Crippen LogP contribution is -2.51. The molecule has 1 aliphatic rings. The van der Waals surface area contributed by atoms with E-state index in [0.717, 1.165) is 0 Å². The molecule has 1 saturated heterocycles. The van der Waals surface area contributed by atoms with Gasteiger partial charge in [0.15, 0.2) is 6.23 Å². The van der Waals surface area contributed by atoms with Crippen LogP contribution in [0.2, 0.25) is 0 Å². The number of amides is 1. The fourth-order valence-corrected chi connectivity index (χ4v) is 5.38. The molecule has 2 heterocycles. The summed E-state index contributed by atoms with van der Waals surface area (Å²) < 4.78 is 25.2. The number of hydrogen-bond acceptors (Lipinski definition) is 9. The zero-order chi connectivity index (χ0) is 27.4. The largest absolute Gasteiger partial charge is 0.348 e. The van der Waals surface area contributed by atoms with E-state index >= 15 is 0 Å². The minimum absolute atomic E-state index is 0.101. The third-order valence-electron chi connectivity index (χ3n) is 5.12. The van der Waals surface area contributed by atoms with Crippen molar-refractivity contribution >= 4 is 37.4 Å². The van der Waals surface area contributed by atoms with Crippen molar-refractivity contribution in [3.63, 3.8) is 0 Å². The second kappa shape index (κ2) is 16.4. The number of aromatic nitrogens is 2. The first-order chi connectivity index (χ1) is 17.0. The Kier molecular flexibility index (Phi) is 14.9. The quantitative estimate of drug-likeness (QED) is 0.232. The maximum Gasteiger partial charge on any atom is 0.330 e. The van der Waals surface area contributed by atoms with E-state index in [0.29, 0.717) is 43.8 Å². The average molecular weight is 641 g/mol. The lowest BCUT2D eigenvalue weighted by molar-refractivity contribution is -0.156. The molecule has 3 atom stereocenters. The van der Waals surface area contributed by atoms with Crippen LogP contribution in [0.25, 0.3) is 0 Å². The van der Waals surface area contributed by atoms with Crippen LogP contribution in [0.15, 0.2) is 15.8 Å². The molecule has 1 aliphatic heterocycles. The van der Waals surface area contributed by atoms with Gasteiger partial charge in [-0.1, -0.05) is 0 Å². The Morgan fingerprint density at radius 2 is 1.97 bits per heavy atom. The molecule has 0 aromatic carbocycles. The normalized spacial score (nSPS) is 18.7. The lowest BCUT2D eigenvalue weighted by Gasteiger charge is -2.37. The van der Waals surface area contributed by atoms with E-state index in [2.05, 4.69) is 43.4 Å². The molecule has 1 N–H and O–H groups in total. The number of hydrogen-bond donors (Lipinski definition) is 1. The first-order valence-corrected chi connectivity index (χ1v) is 13.6. The van der Waals surface area contributed by atoms with Crippen LogP contribution in [0.3, 0.4) is 0 Å². The number of ether oxygens (including phenoxy) is 1. The Morgan fingerprint density at radius 1 is 1.33 bits per heavy atom. The summed E-state index contributed by atoms with van der Waals surface area (Å²) in [5.41, 5.74) is -0.586. The van der Waals surface area contributed by atoms with Crippen molar-refractivity contribution in [1.82, 2.24) is 19.1 Å². The van der Waals surface area contributed by atoms with Crippen LogP contribution in [0.1, 0.15) is 52.8 Å². The summed E-state index contributed by atoms with van der Waals surface area (Å²) in [4.78, 5) is 38.8. The number of aryl methyl sites for hydroxylation is 1. The van der Waals surface area contributed by atoms with Gasteiger partial charge in [-0.2, -0.15) is 5.26 Å². The number of nitrogens with zero attached hydrogens (tertiary/aromatic N) is 4. The lowest BCUT2D eigenvalue weighted by atomic mass is 10.2. The number of morpholine rings is 1. The molecular weight excluding hydrogens is 604 g/mol. The highest BCUT2D eigenvalue weighted by molar-refractivity contribution is 14.1. The molecule has 1 aromatic rings. The summed E-state index contributed by atoms with van der Waals surface area (Å²) in [6.07, 6.45) is 0.870. The molecule has 0 spiro atoms. The highest BCUT2D eigenvalue weighted by atomic mass is 127. The molecule has 0 bridgehead atoms. The predicted molar refractivity (Wildman–Crippen MR) is 144 cm³/mol. The van der Waals surface area contributed by atoms with E-state index in [9.17, 15) is 14.4 Å². The van der Waals surface area contributed by atoms with Crippen molar-refractivity contribution in [2.45, 2.75) is 72.4 Å². The van der Waals surface area contributed by atoms with Crippen molar-refractivity contribution in [2.24, 2.45) is 0 Å². The van der Waals surface area contributed by atoms with Gasteiger partial charge in [0.05, 0.1) is 32.2 Å². The van der Waals surface area contributed by atoms with Crippen molar-refractivity contribution < 1.29 is 21.6 Å². The van der Waals surface area contributed by atoms with Gasteiger partial charge in [0.2, 0.25) is 5.91 Å². The second-order valence-corrected chi connectivity index (χ2v) is 10.8. The molecule has 1 fully saturated rings. The van der Waals surface area contributed by atoms with Crippen LogP contribution in [0, 0.1) is 18.3 Å². The maximum atomic E-state index is 11.9. The van der Waals surface area contributed by atoms with Gasteiger partial charge in [0.1, 0.15) is 29.1 Å². The van der Waals surface area contributed by atoms with Gasteiger partial charge in [-0.05, 0) is 34.6 Å². The molecule has 1 unspecified atom stereocenters. The summed E-state index contributed by atoms with van der Waals surface area (Å²) in [5, 5.41) is 8.43. The number of carbonyl (C=O) groups excluding carboxylic acids is 1. The average Bonchev–Trinajstić information content (AvgIpc) is 2.80. The van der Waals surface area contributed by atoms with Gasteiger partial charge >= 0.3 is 5.69 Å². The van der Waals surface area contributed by atoms with Crippen molar-refractivity contribution in [3.8, 4) is 6.07 Å². The molecule has 14 heteroatoms. The molecule has 0 radical (unpaired) electrons. The number of H-pyrrole nitrogens is 1. The topological polar surface area (TPSA) is 139 Å². The summed E-state index contributed by atoms with van der Waals surface area (Å²) in [5.74, 6) is -0.101. The standard InChI is InChI=1S/C12H16IN3O5.C10H21N2O2P/c1-7-3-16(12(19)14-11(7)18)10-5-15(8(2)17)4-9(21-10)6-20-13;1-9(2)12(10(3)4)15(13-5)14-8-6-7-11/h3,9-10H,4-6H2,1-2H3,(H,14,18,19);9-10H,6,8H2,1-5H3/t9-,10+;/m0./s1. The molecule has 0 aliphatic carbocycles. The van der Waals surface area contributed by atoms with Crippen LogP contribution >= 0.6 is 31.5 Å². The summed E-state index contributed by atoms with van der Waals surface area (Å²) in [6.45, 7) is 12.9. The van der Waals surface area contributed by atoms with Gasteiger partial charge in [-0.25, -0.2) is 9.46 Å². The van der Waals surface area contributed by atoms with E-state index in [-0.39, 0.29) is 18.6 Å². The minimum Gasteiger partial charge on any atom is -0.348 e. The van der Waals surface area contributed by atoms with E-state index in [4.69, 9.17) is 22.1 Å². The van der Waals surface area contributed by atoms with Crippen molar-refractivity contribution in [2.75, 3.05) is 33.4 Å². The van der Waals surface area contributed by atoms with Crippen LogP contribution in [-0.4, -0.2) is 76.6 Å². The third kappa shape index (κ3) is 10.2. The molecule has 204 valence electrons.